The second-order valence-electron chi connectivity index (χ2n) is 7.89. The van der Waals surface area contributed by atoms with Gasteiger partial charge in [-0.15, -0.1) is 0 Å². The second kappa shape index (κ2) is 8.60. The summed E-state index contributed by atoms with van der Waals surface area (Å²) in [5.41, 5.74) is 2.56. The largest absolute Gasteiger partial charge is 0.355 e. The molecule has 1 aromatic carbocycles. The fourth-order valence-corrected chi connectivity index (χ4v) is 4.50. The third-order valence-electron chi connectivity index (χ3n) is 6.06. The molecular weight excluding hydrogens is 362 g/mol. The summed E-state index contributed by atoms with van der Waals surface area (Å²) in [6, 6.07) is 13.9. The fourth-order valence-electron chi connectivity index (χ4n) is 4.50. The maximum absolute atomic E-state index is 13.3. The maximum atomic E-state index is 13.3. The van der Waals surface area contributed by atoms with Gasteiger partial charge < -0.3 is 10.2 Å². The number of aromatic nitrogens is 1. The number of fused-ring (bicyclic) bond motifs is 1. The third-order valence-corrected chi connectivity index (χ3v) is 6.06. The van der Waals surface area contributed by atoms with Crippen molar-refractivity contribution in [2.24, 2.45) is 5.41 Å². The average molecular weight is 389 g/mol. The summed E-state index contributed by atoms with van der Waals surface area (Å²) in [5, 5.41) is 3.15. The van der Waals surface area contributed by atoms with Crippen LogP contribution in [0, 0.1) is 5.41 Å². The van der Waals surface area contributed by atoms with Crippen molar-refractivity contribution in [2.45, 2.75) is 45.1 Å². The lowest BCUT2D eigenvalue weighted by Crippen LogP contribution is -2.52. The fraction of sp³-hybridized carbons (Fsp3) is 0.375. The van der Waals surface area contributed by atoms with E-state index in [1.165, 1.54) is 0 Å². The predicted octanol–water partition coefficient (Wildman–Crippen LogP) is 3.62. The molecule has 2 amide bonds. The number of hydrogen-bond acceptors (Lipinski definition) is 3. The minimum atomic E-state index is -0.584. The van der Waals surface area contributed by atoms with Crippen LogP contribution in [-0.4, -0.2) is 28.2 Å². The molecule has 1 aliphatic heterocycles. The Morgan fingerprint density at radius 2 is 1.86 bits per heavy atom. The number of carbonyl (C=O) groups excluding carboxylic acids is 2. The molecule has 5 heteroatoms. The number of benzene rings is 1. The number of allylic oxidation sites excluding steroid dienone is 1. The van der Waals surface area contributed by atoms with Crippen molar-refractivity contribution in [3.63, 3.8) is 0 Å². The van der Waals surface area contributed by atoms with Crippen LogP contribution in [0.4, 0.5) is 0 Å². The van der Waals surface area contributed by atoms with Crippen molar-refractivity contribution in [2.75, 3.05) is 6.54 Å². The zero-order valence-corrected chi connectivity index (χ0v) is 16.6. The van der Waals surface area contributed by atoms with E-state index in [9.17, 15) is 9.59 Å². The van der Waals surface area contributed by atoms with Gasteiger partial charge in [0.15, 0.2) is 0 Å². The third kappa shape index (κ3) is 4.09. The SMILES string of the molecule is O=C1CCC2(C(=O)NCCc3ccncc3)CCCC=C2N1Cc1ccccc1. The van der Waals surface area contributed by atoms with Crippen LogP contribution in [0.3, 0.4) is 0 Å². The summed E-state index contributed by atoms with van der Waals surface area (Å²) < 4.78 is 0. The summed E-state index contributed by atoms with van der Waals surface area (Å²) in [5.74, 6) is 0.172. The first-order valence-electron chi connectivity index (χ1n) is 10.4. The zero-order valence-electron chi connectivity index (χ0n) is 16.6. The lowest BCUT2D eigenvalue weighted by Gasteiger charge is -2.46. The van der Waals surface area contributed by atoms with Crippen LogP contribution in [0.25, 0.3) is 0 Å². The zero-order chi connectivity index (χ0) is 20.1. The average Bonchev–Trinajstić information content (AvgIpc) is 2.77. The Bertz CT molecular complexity index is 895. The van der Waals surface area contributed by atoms with Crippen molar-refractivity contribution >= 4 is 11.8 Å². The lowest BCUT2D eigenvalue weighted by atomic mass is 9.69. The lowest BCUT2D eigenvalue weighted by molar-refractivity contribution is -0.141. The molecule has 0 bridgehead atoms. The van der Waals surface area contributed by atoms with Crippen molar-refractivity contribution in [1.82, 2.24) is 15.2 Å². The smallest absolute Gasteiger partial charge is 0.232 e. The number of amides is 2. The Morgan fingerprint density at radius 3 is 2.66 bits per heavy atom. The number of hydrogen-bond donors (Lipinski definition) is 1. The monoisotopic (exact) mass is 389 g/mol. The standard InChI is InChI=1S/C24H27N3O2/c28-22-9-14-24(23(29)26-17-12-19-10-15-25-16-11-19)13-5-4-8-21(24)27(22)18-20-6-2-1-3-7-20/h1-3,6-8,10-11,15-16H,4-5,9,12-14,17-18H2,(H,26,29). The molecule has 29 heavy (non-hydrogen) atoms. The number of nitrogens with zero attached hydrogens (tertiary/aromatic N) is 2. The molecule has 0 radical (unpaired) electrons. The Hall–Kier alpha value is -2.95. The van der Waals surface area contributed by atoms with E-state index in [2.05, 4.69) is 16.4 Å². The number of piperidine rings is 1. The van der Waals surface area contributed by atoms with E-state index < -0.39 is 5.41 Å². The maximum Gasteiger partial charge on any atom is 0.232 e. The van der Waals surface area contributed by atoms with Gasteiger partial charge in [-0.05, 0) is 55.4 Å². The van der Waals surface area contributed by atoms with Gasteiger partial charge in [0.2, 0.25) is 11.8 Å². The van der Waals surface area contributed by atoms with Crippen molar-refractivity contribution in [1.29, 1.82) is 0 Å². The van der Waals surface area contributed by atoms with Crippen LogP contribution in [0.5, 0.6) is 0 Å². The molecule has 2 aromatic rings. The second-order valence-corrected chi connectivity index (χ2v) is 7.89. The van der Waals surface area contributed by atoms with Crippen molar-refractivity contribution in [3.8, 4) is 0 Å². The first-order chi connectivity index (χ1) is 14.2. The van der Waals surface area contributed by atoms with Crippen LogP contribution in [-0.2, 0) is 22.6 Å². The predicted molar refractivity (Wildman–Crippen MR) is 112 cm³/mol. The van der Waals surface area contributed by atoms with E-state index in [1.54, 1.807) is 12.4 Å². The quantitative estimate of drug-likeness (QED) is 0.821. The van der Waals surface area contributed by atoms with E-state index in [0.717, 1.165) is 42.5 Å². The Labute approximate surface area is 171 Å². The number of rotatable bonds is 6. The first kappa shape index (κ1) is 19.4. The molecule has 150 valence electrons. The number of pyridine rings is 1. The van der Waals surface area contributed by atoms with Gasteiger partial charge >= 0.3 is 0 Å². The molecule has 1 aromatic heterocycles. The Balaban J connectivity index is 1.51. The molecular formula is C24H27N3O2. The molecule has 0 saturated carbocycles. The van der Waals surface area contributed by atoms with E-state index >= 15 is 0 Å². The summed E-state index contributed by atoms with van der Waals surface area (Å²) in [7, 11) is 0. The van der Waals surface area contributed by atoms with Gasteiger partial charge in [-0.1, -0.05) is 36.4 Å². The van der Waals surface area contributed by atoms with Crippen LogP contribution in [0.15, 0.2) is 66.6 Å². The topological polar surface area (TPSA) is 62.3 Å². The molecule has 4 rings (SSSR count). The Morgan fingerprint density at radius 1 is 1.07 bits per heavy atom. The van der Waals surface area contributed by atoms with Crippen LogP contribution < -0.4 is 5.32 Å². The first-order valence-corrected chi connectivity index (χ1v) is 10.4. The molecule has 1 N–H and O–H groups in total. The van der Waals surface area contributed by atoms with Crippen LogP contribution >= 0.6 is 0 Å². The van der Waals surface area contributed by atoms with Gasteiger partial charge in [0, 0.05) is 31.1 Å². The van der Waals surface area contributed by atoms with Gasteiger partial charge in [-0.25, -0.2) is 0 Å². The summed E-state index contributed by atoms with van der Waals surface area (Å²) in [6.07, 6.45) is 10.2. The highest BCUT2D eigenvalue weighted by molar-refractivity contribution is 5.91. The van der Waals surface area contributed by atoms with Gasteiger partial charge in [-0.3, -0.25) is 14.6 Å². The summed E-state index contributed by atoms with van der Waals surface area (Å²) >= 11 is 0. The minimum absolute atomic E-state index is 0.0584. The van der Waals surface area contributed by atoms with Gasteiger partial charge in [0.05, 0.1) is 12.0 Å². The molecule has 1 unspecified atom stereocenters. The number of carbonyl (C=O) groups is 2. The van der Waals surface area contributed by atoms with Gasteiger partial charge in [0.1, 0.15) is 0 Å². The van der Waals surface area contributed by atoms with Crippen molar-refractivity contribution < 1.29 is 9.59 Å². The molecule has 2 aliphatic rings. The van der Waals surface area contributed by atoms with E-state index in [4.69, 9.17) is 0 Å². The molecule has 1 atom stereocenters. The molecule has 5 nitrogen and oxygen atoms in total. The van der Waals surface area contributed by atoms with E-state index in [0.29, 0.717) is 25.9 Å². The highest BCUT2D eigenvalue weighted by Crippen LogP contribution is 2.47. The van der Waals surface area contributed by atoms with E-state index in [1.807, 2.05) is 47.4 Å². The van der Waals surface area contributed by atoms with Gasteiger partial charge in [-0.2, -0.15) is 0 Å². The van der Waals surface area contributed by atoms with Crippen molar-refractivity contribution in [3.05, 3.63) is 77.8 Å². The molecule has 1 fully saturated rings. The summed E-state index contributed by atoms with van der Waals surface area (Å²) in [6.45, 7) is 1.11. The van der Waals surface area contributed by atoms with Crippen LogP contribution in [0.1, 0.15) is 43.2 Å². The Kier molecular flexibility index (Phi) is 5.74. The minimum Gasteiger partial charge on any atom is -0.355 e. The molecule has 1 saturated heterocycles. The molecule has 0 spiro atoms. The molecule has 2 heterocycles. The van der Waals surface area contributed by atoms with Crippen LogP contribution in [0.2, 0.25) is 0 Å². The molecule has 1 aliphatic carbocycles. The van der Waals surface area contributed by atoms with E-state index in [-0.39, 0.29) is 11.8 Å². The summed E-state index contributed by atoms with van der Waals surface area (Å²) in [4.78, 5) is 32.0. The van der Waals surface area contributed by atoms with Gasteiger partial charge in [0.25, 0.3) is 0 Å². The number of likely N-dealkylation sites (tertiary alicyclic amines) is 1. The normalized spacial score (nSPS) is 21.3. The highest BCUT2D eigenvalue weighted by Gasteiger charge is 2.49. The number of nitrogens with one attached hydrogen (secondary N) is 1. The highest BCUT2D eigenvalue weighted by atomic mass is 16.2.